The number of benzene rings is 1. The first-order valence-corrected chi connectivity index (χ1v) is 7.17. The van der Waals surface area contributed by atoms with Crippen LogP contribution in [0.5, 0.6) is 0 Å². The lowest BCUT2D eigenvalue weighted by molar-refractivity contribution is 0.719. The van der Waals surface area contributed by atoms with Gasteiger partial charge in [-0.2, -0.15) is 0 Å². The van der Waals surface area contributed by atoms with E-state index in [4.69, 9.17) is 0 Å². The van der Waals surface area contributed by atoms with Crippen LogP contribution in [0.3, 0.4) is 0 Å². The molecule has 0 spiro atoms. The molecule has 6 heteroatoms. The van der Waals surface area contributed by atoms with E-state index in [-0.39, 0.29) is 0 Å². The molecule has 106 valence electrons. The van der Waals surface area contributed by atoms with Crippen LogP contribution >= 0.6 is 0 Å². The molecular formula is C15H16N6. The minimum absolute atomic E-state index is 0.567. The molecule has 0 unspecified atom stereocenters. The highest BCUT2D eigenvalue weighted by molar-refractivity contribution is 5.46. The lowest BCUT2D eigenvalue weighted by Gasteiger charge is -2.18. The van der Waals surface area contributed by atoms with Crippen molar-refractivity contribution in [1.82, 2.24) is 25.3 Å². The quantitative estimate of drug-likeness (QED) is 0.716. The lowest BCUT2D eigenvalue weighted by Crippen LogP contribution is -2.21. The van der Waals surface area contributed by atoms with Crippen molar-refractivity contribution in [2.24, 2.45) is 0 Å². The van der Waals surface area contributed by atoms with Gasteiger partial charge in [0.1, 0.15) is 0 Å². The standard InChI is InChI=1S/C15H16N6/c1-11-4-2-3-5-13(11)12-8-9-20(10-12)15-7-6-14-16-18-19-21(14)17-15/h2-7,12H,8-10H2,1H3/t12-/m1/s1. The zero-order valence-corrected chi connectivity index (χ0v) is 11.8. The molecule has 1 aliphatic rings. The number of nitrogens with zero attached hydrogens (tertiary/aromatic N) is 6. The molecule has 0 aliphatic carbocycles. The summed E-state index contributed by atoms with van der Waals surface area (Å²) in [5.74, 6) is 1.50. The summed E-state index contributed by atoms with van der Waals surface area (Å²) in [4.78, 5) is 2.30. The van der Waals surface area contributed by atoms with Gasteiger partial charge in [0, 0.05) is 19.0 Å². The second-order valence-corrected chi connectivity index (χ2v) is 5.51. The second-order valence-electron chi connectivity index (χ2n) is 5.51. The molecule has 4 rings (SSSR count). The Balaban J connectivity index is 1.59. The maximum absolute atomic E-state index is 4.47. The van der Waals surface area contributed by atoms with Crippen molar-refractivity contribution in [3.05, 3.63) is 47.5 Å². The van der Waals surface area contributed by atoms with Crippen LogP contribution in [-0.4, -0.2) is 38.3 Å². The van der Waals surface area contributed by atoms with Crippen molar-refractivity contribution >= 4 is 11.5 Å². The number of aryl methyl sites for hydroxylation is 1. The monoisotopic (exact) mass is 280 g/mol. The van der Waals surface area contributed by atoms with E-state index < -0.39 is 0 Å². The zero-order chi connectivity index (χ0) is 14.2. The number of anilines is 1. The van der Waals surface area contributed by atoms with Crippen molar-refractivity contribution in [2.75, 3.05) is 18.0 Å². The Labute approximate surface area is 122 Å². The number of rotatable bonds is 2. The number of hydrogen-bond acceptors (Lipinski definition) is 5. The summed E-state index contributed by atoms with van der Waals surface area (Å²) in [6.45, 7) is 4.19. The minimum atomic E-state index is 0.567. The van der Waals surface area contributed by atoms with E-state index in [0.717, 1.165) is 25.3 Å². The van der Waals surface area contributed by atoms with Crippen molar-refractivity contribution < 1.29 is 0 Å². The van der Waals surface area contributed by atoms with Crippen LogP contribution < -0.4 is 4.90 Å². The molecule has 0 amide bonds. The first kappa shape index (κ1) is 12.3. The third kappa shape index (κ3) is 2.12. The van der Waals surface area contributed by atoms with E-state index in [1.165, 1.54) is 15.8 Å². The Bertz CT molecular complexity index is 780. The van der Waals surface area contributed by atoms with Crippen molar-refractivity contribution in [3.8, 4) is 0 Å². The fourth-order valence-corrected chi connectivity index (χ4v) is 3.08. The molecule has 2 aromatic heterocycles. The van der Waals surface area contributed by atoms with E-state index >= 15 is 0 Å². The summed E-state index contributed by atoms with van der Waals surface area (Å²) >= 11 is 0. The second kappa shape index (κ2) is 4.80. The van der Waals surface area contributed by atoms with E-state index in [9.17, 15) is 0 Å². The van der Waals surface area contributed by atoms with Gasteiger partial charge in [0.2, 0.25) is 0 Å². The predicted molar refractivity (Wildman–Crippen MR) is 79.3 cm³/mol. The summed E-state index contributed by atoms with van der Waals surface area (Å²) in [5, 5.41) is 15.8. The van der Waals surface area contributed by atoms with Crippen molar-refractivity contribution in [1.29, 1.82) is 0 Å². The van der Waals surface area contributed by atoms with Crippen LogP contribution in [0.4, 0.5) is 5.82 Å². The normalized spacial score (nSPS) is 18.5. The fraction of sp³-hybridized carbons (Fsp3) is 0.333. The minimum Gasteiger partial charge on any atom is -0.354 e. The van der Waals surface area contributed by atoms with Gasteiger partial charge in [0.15, 0.2) is 11.5 Å². The first-order chi connectivity index (χ1) is 10.3. The fourth-order valence-electron chi connectivity index (χ4n) is 3.08. The smallest absolute Gasteiger partial charge is 0.200 e. The summed E-state index contributed by atoms with van der Waals surface area (Å²) in [7, 11) is 0. The van der Waals surface area contributed by atoms with Gasteiger partial charge < -0.3 is 4.90 Å². The topological polar surface area (TPSA) is 59.2 Å². The summed E-state index contributed by atoms with van der Waals surface area (Å²) < 4.78 is 1.48. The summed E-state index contributed by atoms with van der Waals surface area (Å²) in [6.07, 6.45) is 1.15. The Hall–Kier alpha value is -2.50. The van der Waals surface area contributed by atoms with Gasteiger partial charge in [-0.15, -0.1) is 14.8 Å². The Morgan fingerprint density at radius 1 is 1.14 bits per heavy atom. The molecule has 6 nitrogen and oxygen atoms in total. The molecule has 1 aromatic carbocycles. The van der Waals surface area contributed by atoms with Crippen LogP contribution in [0.25, 0.3) is 5.65 Å². The van der Waals surface area contributed by atoms with E-state index in [2.05, 4.69) is 56.7 Å². The van der Waals surface area contributed by atoms with Crippen molar-refractivity contribution in [2.45, 2.75) is 19.3 Å². The van der Waals surface area contributed by atoms with E-state index in [1.54, 1.807) is 0 Å². The summed E-state index contributed by atoms with van der Waals surface area (Å²) in [5.41, 5.74) is 3.49. The predicted octanol–water partition coefficient (Wildman–Crippen LogP) is 1.82. The SMILES string of the molecule is Cc1ccccc1[C@@H]1CCN(c2ccc3nnnn3n2)C1. The van der Waals surface area contributed by atoms with Crippen LogP contribution in [0.15, 0.2) is 36.4 Å². The van der Waals surface area contributed by atoms with Crippen LogP contribution in [-0.2, 0) is 0 Å². The van der Waals surface area contributed by atoms with Crippen LogP contribution in [0, 0.1) is 6.92 Å². The van der Waals surface area contributed by atoms with Gasteiger partial charge in [-0.25, -0.2) is 0 Å². The lowest BCUT2D eigenvalue weighted by atomic mass is 9.94. The maximum atomic E-state index is 4.47. The maximum Gasteiger partial charge on any atom is 0.200 e. The Kier molecular flexibility index (Phi) is 2.80. The summed E-state index contributed by atoms with van der Waals surface area (Å²) in [6, 6.07) is 12.5. The molecule has 1 aliphatic heterocycles. The van der Waals surface area contributed by atoms with Gasteiger partial charge in [0.05, 0.1) is 0 Å². The average Bonchev–Trinajstić information content (AvgIpc) is 3.16. The number of aromatic nitrogens is 5. The molecule has 0 radical (unpaired) electrons. The Morgan fingerprint density at radius 2 is 2.05 bits per heavy atom. The molecule has 21 heavy (non-hydrogen) atoms. The van der Waals surface area contributed by atoms with Gasteiger partial charge in [-0.1, -0.05) is 24.3 Å². The molecule has 1 saturated heterocycles. The molecule has 0 saturated carbocycles. The molecule has 0 bridgehead atoms. The molecule has 3 heterocycles. The highest BCUT2D eigenvalue weighted by Crippen LogP contribution is 2.31. The molecule has 1 fully saturated rings. The van der Waals surface area contributed by atoms with Gasteiger partial charge in [0.25, 0.3) is 0 Å². The zero-order valence-electron chi connectivity index (χ0n) is 11.8. The number of hydrogen-bond donors (Lipinski definition) is 0. The highest BCUT2D eigenvalue weighted by atomic mass is 15.6. The highest BCUT2D eigenvalue weighted by Gasteiger charge is 2.26. The number of fused-ring (bicyclic) bond motifs is 1. The number of tetrazole rings is 1. The molecular weight excluding hydrogens is 264 g/mol. The molecule has 1 atom stereocenters. The van der Waals surface area contributed by atoms with Crippen LogP contribution in [0.1, 0.15) is 23.5 Å². The third-order valence-corrected chi connectivity index (χ3v) is 4.20. The average molecular weight is 280 g/mol. The van der Waals surface area contributed by atoms with Crippen LogP contribution in [0.2, 0.25) is 0 Å². The van der Waals surface area contributed by atoms with Gasteiger partial charge >= 0.3 is 0 Å². The van der Waals surface area contributed by atoms with E-state index in [0.29, 0.717) is 11.6 Å². The largest absolute Gasteiger partial charge is 0.354 e. The first-order valence-electron chi connectivity index (χ1n) is 7.17. The molecule has 3 aromatic rings. The van der Waals surface area contributed by atoms with Gasteiger partial charge in [-0.3, -0.25) is 0 Å². The third-order valence-electron chi connectivity index (χ3n) is 4.20. The van der Waals surface area contributed by atoms with Gasteiger partial charge in [-0.05, 0) is 47.0 Å². The van der Waals surface area contributed by atoms with E-state index in [1.807, 2.05) is 12.1 Å². The van der Waals surface area contributed by atoms with Crippen molar-refractivity contribution in [3.63, 3.8) is 0 Å². The Morgan fingerprint density at radius 3 is 2.95 bits per heavy atom. The molecule has 0 N–H and O–H groups in total.